The normalized spacial score (nSPS) is 10.2. The van der Waals surface area contributed by atoms with E-state index in [-0.39, 0.29) is 5.84 Å². The molecule has 0 saturated carbocycles. The lowest BCUT2D eigenvalue weighted by Crippen LogP contribution is -2.13. The van der Waals surface area contributed by atoms with Crippen molar-refractivity contribution in [2.75, 3.05) is 0 Å². The zero-order chi connectivity index (χ0) is 12.3. The maximum atomic E-state index is 7.47. The van der Waals surface area contributed by atoms with E-state index in [0.717, 1.165) is 4.88 Å². The van der Waals surface area contributed by atoms with E-state index < -0.39 is 0 Å². The third kappa shape index (κ3) is 2.99. The second-order valence-electron chi connectivity index (χ2n) is 3.42. The van der Waals surface area contributed by atoms with Gasteiger partial charge in [-0.2, -0.15) is 0 Å². The first-order valence-corrected chi connectivity index (χ1v) is 6.21. The van der Waals surface area contributed by atoms with Crippen LogP contribution in [0.25, 0.3) is 0 Å². The minimum Gasteiger partial charge on any atom is -0.487 e. The fraction of sp³-hybridized carbons (Fsp3) is 0.0833. The molecule has 0 aliphatic carbocycles. The van der Waals surface area contributed by atoms with E-state index in [9.17, 15) is 0 Å². The second kappa shape index (κ2) is 5.21. The Morgan fingerprint density at radius 2 is 2.24 bits per heavy atom. The van der Waals surface area contributed by atoms with Gasteiger partial charge >= 0.3 is 0 Å². The number of rotatable bonds is 4. The van der Waals surface area contributed by atoms with Crippen LogP contribution in [0.2, 0.25) is 5.02 Å². The highest BCUT2D eigenvalue weighted by Crippen LogP contribution is 2.24. The predicted octanol–water partition coefficient (Wildman–Crippen LogP) is 3.26. The van der Waals surface area contributed by atoms with E-state index in [0.29, 0.717) is 22.9 Å². The number of thiophene rings is 1. The van der Waals surface area contributed by atoms with Gasteiger partial charge in [0, 0.05) is 9.90 Å². The fourth-order valence-corrected chi connectivity index (χ4v) is 2.17. The molecule has 1 aromatic carbocycles. The molecule has 17 heavy (non-hydrogen) atoms. The van der Waals surface area contributed by atoms with Crippen LogP contribution in [0.3, 0.4) is 0 Å². The van der Waals surface area contributed by atoms with Crippen molar-refractivity contribution in [3.8, 4) is 5.75 Å². The van der Waals surface area contributed by atoms with Crippen molar-refractivity contribution in [1.29, 1.82) is 5.41 Å². The van der Waals surface area contributed by atoms with E-state index >= 15 is 0 Å². The summed E-state index contributed by atoms with van der Waals surface area (Å²) in [5.74, 6) is 0.531. The monoisotopic (exact) mass is 266 g/mol. The van der Waals surface area contributed by atoms with E-state index in [1.165, 1.54) is 0 Å². The number of nitrogens with one attached hydrogen (secondary N) is 1. The molecule has 0 aliphatic heterocycles. The molecule has 0 bridgehead atoms. The standard InChI is InChI=1S/C12H11ClN2OS/c13-8-3-4-11(10(6-8)12(14)15)16-7-9-2-1-5-17-9/h1-6H,7H2,(H3,14,15). The number of ether oxygens (including phenoxy) is 1. The summed E-state index contributed by atoms with van der Waals surface area (Å²) in [7, 11) is 0. The number of benzene rings is 1. The maximum absolute atomic E-state index is 7.47. The Balaban J connectivity index is 2.17. The van der Waals surface area contributed by atoms with Crippen molar-refractivity contribution in [1.82, 2.24) is 0 Å². The second-order valence-corrected chi connectivity index (χ2v) is 4.89. The molecule has 0 atom stereocenters. The third-order valence-corrected chi connectivity index (χ3v) is 3.27. The van der Waals surface area contributed by atoms with Crippen molar-refractivity contribution in [3.05, 3.63) is 51.2 Å². The molecule has 2 aromatic rings. The Labute approximate surface area is 108 Å². The van der Waals surface area contributed by atoms with Crippen molar-refractivity contribution in [2.45, 2.75) is 6.61 Å². The zero-order valence-corrected chi connectivity index (χ0v) is 10.5. The van der Waals surface area contributed by atoms with Crippen molar-refractivity contribution in [3.63, 3.8) is 0 Å². The van der Waals surface area contributed by atoms with Crippen LogP contribution in [-0.2, 0) is 6.61 Å². The van der Waals surface area contributed by atoms with Gasteiger partial charge in [0.1, 0.15) is 18.2 Å². The molecule has 5 heteroatoms. The molecule has 1 aromatic heterocycles. The molecular weight excluding hydrogens is 256 g/mol. The SMILES string of the molecule is N=C(N)c1cc(Cl)ccc1OCc1cccs1. The summed E-state index contributed by atoms with van der Waals surface area (Å²) >= 11 is 7.48. The van der Waals surface area contributed by atoms with Gasteiger partial charge in [0.05, 0.1) is 5.56 Å². The highest BCUT2D eigenvalue weighted by molar-refractivity contribution is 7.09. The highest BCUT2D eigenvalue weighted by Gasteiger charge is 2.08. The lowest BCUT2D eigenvalue weighted by Gasteiger charge is -2.10. The number of amidine groups is 1. The topological polar surface area (TPSA) is 59.1 Å². The molecule has 3 N–H and O–H groups in total. The van der Waals surface area contributed by atoms with Crippen LogP contribution in [0, 0.1) is 5.41 Å². The number of hydrogen-bond acceptors (Lipinski definition) is 3. The summed E-state index contributed by atoms with van der Waals surface area (Å²) in [4.78, 5) is 1.12. The van der Waals surface area contributed by atoms with Crippen molar-refractivity contribution < 1.29 is 4.74 Å². The minimum atomic E-state index is -0.0475. The number of hydrogen-bond donors (Lipinski definition) is 2. The molecule has 0 radical (unpaired) electrons. The van der Waals surface area contributed by atoms with Gasteiger partial charge in [0.15, 0.2) is 0 Å². The van der Waals surface area contributed by atoms with Gasteiger partial charge in [-0.15, -0.1) is 11.3 Å². The van der Waals surface area contributed by atoms with E-state index in [1.807, 2.05) is 17.5 Å². The summed E-state index contributed by atoms with van der Waals surface area (Å²) in [5, 5.41) is 10.0. The van der Waals surface area contributed by atoms with Crippen LogP contribution >= 0.6 is 22.9 Å². The van der Waals surface area contributed by atoms with Gasteiger partial charge < -0.3 is 10.5 Å². The van der Waals surface area contributed by atoms with Gasteiger partial charge in [-0.3, -0.25) is 5.41 Å². The Bertz CT molecular complexity index is 525. The summed E-state index contributed by atoms with van der Waals surface area (Å²) < 4.78 is 5.63. The first kappa shape index (κ1) is 12.0. The van der Waals surface area contributed by atoms with E-state index in [2.05, 4.69) is 0 Å². The van der Waals surface area contributed by atoms with E-state index in [1.54, 1.807) is 29.5 Å². The van der Waals surface area contributed by atoms with Crippen LogP contribution < -0.4 is 10.5 Å². The van der Waals surface area contributed by atoms with Crippen molar-refractivity contribution >= 4 is 28.8 Å². The average molecular weight is 267 g/mol. The van der Waals surface area contributed by atoms with Crippen LogP contribution in [0.4, 0.5) is 0 Å². The molecule has 3 nitrogen and oxygen atoms in total. The molecule has 0 aliphatic rings. The highest BCUT2D eigenvalue weighted by atomic mass is 35.5. The molecule has 1 heterocycles. The van der Waals surface area contributed by atoms with Crippen LogP contribution in [0.5, 0.6) is 5.75 Å². The first-order valence-electron chi connectivity index (χ1n) is 4.96. The quantitative estimate of drug-likeness (QED) is 0.659. The minimum absolute atomic E-state index is 0.0475. The average Bonchev–Trinajstić information content (AvgIpc) is 2.80. The van der Waals surface area contributed by atoms with Gasteiger partial charge in [-0.05, 0) is 29.6 Å². The predicted molar refractivity (Wildman–Crippen MR) is 71.1 cm³/mol. The molecule has 0 fully saturated rings. The maximum Gasteiger partial charge on any atom is 0.130 e. The van der Waals surface area contributed by atoms with Gasteiger partial charge in [0.2, 0.25) is 0 Å². The molecular formula is C12H11ClN2OS. The Morgan fingerprint density at radius 1 is 1.41 bits per heavy atom. The molecule has 0 saturated heterocycles. The fourth-order valence-electron chi connectivity index (χ4n) is 1.38. The molecule has 88 valence electrons. The van der Waals surface area contributed by atoms with Crippen LogP contribution in [0.1, 0.15) is 10.4 Å². The Morgan fingerprint density at radius 3 is 2.88 bits per heavy atom. The molecule has 0 unspecified atom stereocenters. The summed E-state index contributed by atoms with van der Waals surface area (Å²) in [6, 6.07) is 9.04. The summed E-state index contributed by atoms with van der Waals surface area (Å²) in [6.45, 7) is 0.472. The number of halogens is 1. The molecule has 0 amide bonds. The largest absolute Gasteiger partial charge is 0.487 e. The molecule has 0 spiro atoms. The zero-order valence-electron chi connectivity index (χ0n) is 8.94. The Kier molecular flexibility index (Phi) is 3.66. The summed E-state index contributed by atoms with van der Waals surface area (Å²) in [5.41, 5.74) is 6.00. The summed E-state index contributed by atoms with van der Waals surface area (Å²) in [6.07, 6.45) is 0. The van der Waals surface area contributed by atoms with Crippen molar-refractivity contribution in [2.24, 2.45) is 5.73 Å². The Hall–Kier alpha value is -1.52. The van der Waals surface area contributed by atoms with Crippen LogP contribution in [0.15, 0.2) is 35.7 Å². The van der Waals surface area contributed by atoms with E-state index in [4.69, 9.17) is 27.5 Å². The van der Waals surface area contributed by atoms with Gasteiger partial charge in [0.25, 0.3) is 0 Å². The van der Waals surface area contributed by atoms with Gasteiger partial charge in [-0.1, -0.05) is 17.7 Å². The van der Waals surface area contributed by atoms with Crippen LogP contribution in [-0.4, -0.2) is 5.84 Å². The lowest BCUT2D eigenvalue weighted by atomic mass is 10.2. The molecule has 2 rings (SSSR count). The van der Waals surface area contributed by atoms with Gasteiger partial charge in [-0.25, -0.2) is 0 Å². The smallest absolute Gasteiger partial charge is 0.130 e. The number of nitrogen functional groups attached to an aromatic ring is 1. The first-order chi connectivity index (χ1) is 8.16. The third-order valence-electron chi connectivity index (χ3n) is 2.18. The lowest BCUT2D eigenvalue weighted by molar-refractivity contribution is 0.309. The number of nitrogens with two attached hydrogens (primary N) is 1.